The maximum atomic E-state index is 11.3. The largest absolute Gasteiger partial charge is 0.488 e. The first-order valence-electron chi connectivity index (χ1n) is 6.98. The van der Waals surface area contributed by atoms with Crippen LogP contribution >= 0.6 is 15.9 Å². The summed E-state index contributed by atoms with van der Waals surface area (Å²) in [7, 11) is 0. The van der Waals surface area contributed by atoms with Gasteiger partial charge in [0.05, 0.1) is 18.7 Å². The van der Waals surface area contributed by atoms with Gasteiger partial charge in [0.15, 0.2) is 6.29 Å². The van der Waals surface area contributed by atoms with Crippen LogP contribution in [-0.2, 0) is 4.74 Å². The number of benzene rings is 1. The maximum absolute atomic E-state index is 11.3. The van der Waals surface area contributed by atoms with E-state index in [4.69, 9.17) is 9.47 Å². The van der Waals surface area contributed by atoms with Crippen LogP contribution in [0.15, 0.2) is 22.7 Å². The number of pyridine rings is 1. The van der Waals surface area contributed by atoms with Gasteiger partial charge in [-0.05, 0) is 30.7 Å². The molecule has 110 valence electrons. The Morgan fingerprint density at radius 3 is 2.81 bits per heavy atom. The molecule has 1 aromatic heterocycles. The maximum Gasteiger partial charge on any atom is 0.172 e. The molecule has 5 heteroatoms. The van der Waals surface area contributed by atoms with Crippen LogP contribution in [0.5, 0.6) is 5.75 Å². The first kappa shape index (κ1) is 14.5. The molecule has 0 atom stereocenters. The van der Waals surface area contributed by atoms with Crippen molar-refractivity contribution in [1.29, 1.82) is 0 Å². The quantitative estimate of drug-likeness (QED) is 0.793. The summed E-state index contributed by atoms with van der Waals surface area (Å²) < 4.78 is 12.3. The number of hydrogen-bond acceptors (Lipinski definition) is 4. The molecular formula is C16H16BrNO3. The van der Waals surface area contributed by atoms with Crippen molar-refractivity contribution in [3.63, 3.8) is 0 Å². The van der Waals surface area contributed by atoms with Crippen LogP contribution < -0.4 is 4.74 Å². The SMILES string of the molecule is Cc1cc(Br)c2cc(OC3CCOCC3)c(C=O)nc2c1. The molecule has 0 saturated carbocycles. The lowest BCUT2D eigenvalue weighted by molar-refractivity contribution is 0.0252. The molecule has 0 spiro atoms. The van der Waals surface area contributed by atoms with Gasteiger partial charge in [-0.15, -0.1) is 0 Å². The molecule has 2 heterocycles. The van der Waals surface area contributed by atoms with Crippen molar-refractivity contribution in [2.24, 2.45) is 0 Å². The zero-order valence-corrected chi connectivity index (χ0v) is 13.4. The van der Waals surface area contributed by atoms with E-state index < -0.39 is 0 Å². The Labute approximate surface area is 131 Å². The minimum atomic E-state index is 0.0842. The van der Waals surface area contributed by atoms with E-state index in [2.05, 4.69) is 20.9 Å². The second-order valence-electron chi connectivity index (χ2n) is 5.23. The number of aryl methyl sites for hydroxylation is 1. The van der Waals surface area contributed by atoms with Crippen molar-refractivity contribution in [2.75, 3.05) is 13.2 Å². The second-order valence-corrected chi connectivity index (χ2v) is 6.09. The summed E-state index contributed by atoms with van der Waals surface area (Å²) in [6.45, 7) is 3.40. The Morgan fingerprint density at radius 2 is 2.10 bits per heavy atom. The number of hydrogen-bond donors (Lipinski definition) is 0. The van der Waals surface area contributed by atoms with Gasteiger partial charge in [0, 0.05) is 22.7 Å². The zero-order chi connectivity index (χ0) is 14.8. The van der Waals surface area contributed by atoms with E-state index in [1.54, 1.807) is 0 Å². The second kappa shape index (κ2) is 6.12. The summed E-state index contributed by atoms with van der Waals surface area (Å²) in [5, 5.41) is 0.952. The normalized spacial score (nSPS) is 16.1. The zero-order valence-electron chi connectivity index (χ0n) is 11.8. The highest BCUT2D eigenvalue weighted by atomic mass is 79.9. The van der Waals surface area contributed by atoms with Crippen LogP contribution in [0.4, 0.5) is 0 Å². The lowest BCUT2D eigenvalue weighted by atomic mass is 10.1. The Kier molecular flexibility index (Phi) is 4.22. The summed E-state index contributed by atoms with van der Waals surface area (Å²) in [4.78, 5) is 15.7. The Morgan fingerprint density at radius 1 is 1.33 bits per heavy atom. The molecule has 4 nitrogen and oxygen atoms in total. The lowest BCUT2D eigenvalue weighted by Crippen LogP contribution is -2.26. The predicted octanol–water partition coefficient (Wildman–Crippen LogP) is 3.68. The first-order chi connectivity index (χ1) is 10.2. The molecule has 0 amide bonds. The van der Waals surface area contributed by atoms with Crippen LogP contribution in [0, 0.1) is 6.92 Å². The number of ether oxygens (including phenoxy) is 2. The van der Waals surface area contributed by atoms with E-state index in [9.17, 15) is 4.79 Å². The number of carbonyl (C=O) groups excluding carboxylic acids is 1. The number of nitrogens with zero attached hydrogens (tertiary/aromatic N) is 1. The molecule has 0 bridgehead atoms. The first-order valence-corrected chi connectivity index (χ1v) is 7.77. The molecule has 1 fully saturated rings. The van der Waals surface area contributed by atoms with Gasteiger partial charge in [0.25, 0.3) is 0 Å². The van der Waals surface area contributed by atoms with Gasteiger partial charge in [0.1, 0.15) is 17.5 Å². The third-order valence-corrected chi connectivity index (χ3v) is 4.25. The Bertz CT molecular complexity index is 681. The molecule has 1 saturated heterocycles. The van der Waals surface area contributed by atoms with E-state index >= 15 is 0 Å². The van der Waals surface area contributed by atoms with Gasteiger partial charge in [-0.1, -0.05) is 15.9 Å². The monoisotopic (exact) mass is 349 g/mol. The fourth-order valence-corrected chi connectivity index (χ4v) is 3.19. The van der Waals surface area contributed by atoms with Crippen molar-refractivity contribution in [1.82, 2.24) is 4.98 Å². The summed E-state index contributed by atoms with van der Waals surface area (Å²) >= 11 is 3.55. The van der Waals surface area contributed by atoms with E-state index in [1.165, 1.54) is 0 Å². The highest BCUT2D eigenvalue weighted by molar-refractivity contribution is 9.10. The van der Waals surface area contributed by atoms with Crippen LogP contribution in [-0.4, -0.2) is 30.6 Å². The third kappa shape index (κ3) is 3.09. The number of aldehydes is 1. The summed E-state index contributed by atoms with van der Waals surface area (Å²) in [5.74, 6) is 0.550. The summed E-state index contributed by atoms with van der Waals surface area (Å²) in [6.07, 6.45) is 2.52. The number of halogens is 1. The lowest BCUT2D eigenvalue weighted by Gasteiger charge is -2.24. The van der Waals surface area contributed by atoms with Crippen molar-refractivity contribution in [3.05, 3.63) is 33.9 Å². The standard InChI is InChI=1S/C16H16BrNO3/c1-10-6-13(17)12-8-16(15(9-19)18-14(12)7-10)21-11-2-4-20-5-3-11/h6-9,11H,2-5H2,1H3. The van der Waals surface area contributed by atoms with Crippen molar-refractivity contribution >= 4 is 33.1 Å². The van der Waals surface area contributed by atoms with Crippen LogP contribution in [0.2, 0.25) is 0 Å². The molecule has 21 heavy (non-hydrogen) atoms. The molecule has 0 radical (unpaired) electrons. The fraction of sp³-hybridized carbons (Fsp3) is 0.375. The van der Waals surface area contributed by atoms with Crippen LogP contribution in [0.1, 0.15) is 28.9 Å². The predicted molar refractivity (Wildman–Crippen MR) is 84.0 cm³/mol. The summed E-state index contributed by atoms with van der Waals surface area (Å²) in [6, 6.07) is 5.89. The Balaban J connectivity index is 2.02. The number of carbonyl (C=O) groups is 1. The fourth-order valence-electron chi connectivity index (χ4n) is 2.51. The van der Waals surface area contributed by atoms with Gasteiger partial charge < -0.3 is 9.47 Å². The number of rotatable bonds is 3. The van der Waals surface area contributed by atoms with E-state index in [0.29, 0.717) is 24.7 Å². The molecule has 0 aliphatic carbocycles. The number of aromatic nitrogens is 1. The van der Waals surface area contributed by atoms with Gasteiger partial charge in [-0.3, -0.25) is 4.79 Å². The smallest absolute Gasteiger partial charge is 0.172 e. The topological polar surface area (TPSA) is 48.4 Å². The third-order valence-electron chi connectivity index (χ3n) is 3.59. The molecule has 2 aromatic rings. The average Bonchev–Trinajstić information content (AvgIpc) is 2.48. The average molecular weight is 350 g/mol. The van der Waals surface area contributed by atoms with Gasteiger partial charge >= 0.3 is 0 Å². The molecule has 1 aromatic carbocycles. The molecular weight excluding hydrogens is 334 g/mol. The number of fused-ring (bicyclic) bond motifs is 1. The molecule has 0 unspecified atom stereocenters. The summed E-state index contributed by atoms with van der Waals surface area (Å²) in [5.41, 5.74) is 2.24. The van der Waals surface area contributed by atoms with Gasteiger partial charge in [-0.2, -0.15) is 0 Å². The Hall–Kier alpha value is -1.46. The van der Waals surface area contributed by atoms with Crippen molar-refractivity contribution < 1.29 is 14.3 Å². The van der Waals surface area contributed by atoms with Crippen molar-refractivity contribution in [3.8, 4) is 5.75 Å². The van der Waals surface area contributed by atoms with Gasteiger partial charge in [-0.25, -0.2) is 4.98 Å². The highest BCUT2D eigenvalue weighted by Gasteiger charge is 2.18. The molecule has 1 aliphatic rings. The molecule has 1 aliphatic heterocycles. The van der Waals surface area contributed by atoms with Gasteiger partial charge in [0.2, 0.25) is 0 Å². The molecule has 0 N–H and O–H groups in total. The highest BCUT2D eigenvalue weighted by Crippen LogP contribution is 2.30. The van der Waals surface area contributed by atoms with Crippen LogP contribution in [0.25, 0.3) is 10.9 Å². The minimum absolute atomic E-state index is 0.0842. The van der Waals surface area contributed by atoms with E-state index in [0.717, 1.165) is 40.1 Å². The molecule has 3 rings (SSSR count). The van der Waals surface area contributed by atoms with Crippen LogP contribution in [0.3, 0.4) is 0 Å². The van der Waals surface area contributed by atoms with E-state index in [1.807, 2.05) is 25.1 Å². The minimum Gasteiger partial charge on any atom is -0.488 e. The van der Waals surface area contributed by atoms with E-state index in [-0.39, 0.29) is 6.10 Å². The van der Waals surface area contributed by atoms with Crippen molar-refractivity contribution in [2.45, 2.75) is 25.9 Å².